The molecule has 1 saturated carbocycles. The Bertz CT molecular complexity index is 787. The van der Waals surface area contributed by atoms with Gasteiger partial charge in [-0.3, -0.25) is 9.59 Å². The molecule has 0 bridgehead atoms. The minimum absolute atomic E-state index is 0.0352. The van der Waals surface area contributed by atoms with E-state index in [0.29, 0.717) is 19.9 Å². The van der Waals surface area contributed by atoms with Crippen LogP contribution in [0.4, 0.5) is 5.00 Å². The van der Waals surface area contributed by atoms with E-state index in [1.54, 1.807) is 24.3 Å². The molecule has 0 spiro atoms. The number of hydrogen-bond donors (Lipinski definition) is 2. The first-order valence-electron chi connectivity index (χ1n) is 7.60. The highest BCUT2D eigenvalue weighted by atomic mass is 35.5. The van der Waals surface area contributed by atoms with Crippen molar-refractivity contribution in [2.24, 2.45) is 5.92 Å². The average molecular weight is 383 g/mol. The van der Waals surface area contributed by atoms with Crippen LogP contribution < -0.4 is 10.6 Å². The monoisotopic (exact) mass is 382 g/mol. The van der Waals surface area contributed by atoms with E-state index in [1.165, 1.54) is 11.3 Å². The number of benzene rings is 1. The molecule has 1 aliphatic rings. The summed E-state index contributed by atoms with van der Waals surface area (Å²) < 4.78 is 0. The summed E-state index contributed by atoms with van der Waals surface area (Å²) >= 11 is 13.2. The van der Waals surface area contributed by atoms with Gasteiger partial charge in [0.25, 0.3) is 5.91 Å². The zero-order valence-corrected chi connectivity index (χ0v) is 15.3. The van der Waals surface area contributed by atoms with Crippen molar-refractivity contribution < 1.29 is 9.59 Å². The lowest BCUT2D eigenvalue weighted by Gasteiger charge is -2.14. The number of hydrogen-bond acceptors (Lipinski definition) is 3. The highest BCUT2D eigenvalue weighted by Gasteiger charge is 2.29. The molecule has 7 heteroatoms. The number of nitrogens with one attached hydrogen (secondary N) is 2. The minimum atomic E-state index is -0.209. The number of rotatable bonds is 5. The Labute approximate surface area is 154 Å². The highest BCUT2D eigenvalue weighted by Crippen LogP contribution is 2.32. The van der Waals surface area contributed by atoms with Gasteiger partial charge in [-0.15, -0.1) is 11.3 Å². The number of anilines is 1. The lowest BCUT2D eigenvalue weighted by molar-refractivity contribution is -0.117. The number of carbonyl (C=O) groups excluding carboxylic acids is 2. The molecule has 0 radical (unpaired) electrons. The molecule has 2 amide bonds. The van der Waals surface area contributed by atoms with Gasteiger partial charge in [0.15, 0.2) is 0 Å². The zero-order chi connectivity index (χ0) is 17.3. The molecule has 1 heterocycles. The topological polar surface area (TPSA) is 58.2 Å². The molecule has 1 aromatic heterocycles. The van der Waals surface area contributed by atoms with Crippen molar-refractivity contribution >= 4 is 51.4 Å². The van der Waals surface area contributed by atoms with Crippen molar-refractivity contribution in [2.75, 3.05) is 5.32 Å². The molecule has 3 rings (SSSR count). The number of amides is 2. The molecular formula is C17H16Cl2N2O2S. The van der Waals surface area contributed by atoms with E-state index in [2.05, 4.69) is 10.6 Å². The molecule has 1 aromatic carbocycles. The van der Waals surface area contributed by atoms with Crippen molar-refractivity contribution in [1.82, 2.24) is 5.32 Å². The van der Waals surface area contributed by atoms with Gasteiger partial charge in [0.1, 0.15) is 0 Å². The Balaban J connectivity index is 1.62. The zero-order valence-electron chi connectivity index (χ0n) is 12.9. The predicted octanol–water partition coefficient (Wildman–Crippen LogP) is 4.89. The van der Waals surface area contributed by atoms with Gasteiger partial charge in [-0.2, -0.15) is 0 Å². The van der Waals surface area contributed by atoms with Gasteiger partial charge < -0.3 is 10.6 Å². The van der Waals surface area contributed by atoms with E-state index in [-0.39, 0.29) is 23.8 Å². The van der Waals surface area contributed by atoms with Crippen molar-refractivity contribution in [2.45, 2.75) is 25.8 Å². The molecule has 1 fully saturated rings. The van der Waals surface area contributed by atoms with Gasteiger partial charge in [0, 0.05) is 5.92 Å². The third-order valence-corrected chi connectivity index (χ3v) is 5.55. The first-order chi connectivity index (χ1) is 11.4. The van der Waals surface area contributed by atoms with Crippen LogP contribution in [0.1, 0.15) is 41.0 Å². The molecule has 1 aliphatic carbocycles. The van der Waals surface area contributed by atoms with E-state index in [0.717, 1.165) is 18.4 Å². The van der Waals surface area contributed by atoms with Crippen molar-refractivity contribution in [3.05, 3.63) is 50.8 Å². The van der Waals surface area contributed by atoms with Crippen LogP contribution in [-0.2, 0) is 4.79 Å². The number of halogens is 2. The first kappa shape index (κ1) is 17.3. The third kappa shape index (κ3) is 4.09. The molecule has 24 heavy (non-hydrogen) atoms. The molecular weight excluding hydrogens is 367 g/mol. The Morgan fingerprint density at radius 2 is 1.92 bits per heavy atom. The molecule has 4 nitrogen and oxygen atoms in total. The van der Waals surface area contributed by atoms with Crippen LogP contribution in [0.5, 0.6) is 0 Å². The second-order valence-electron chi connectivity index (χ2n) is 5.80. The lowest BCUT2D eigenvalue weighted by atomic mass is 10.1. The summed E-state index contributed by atoms with van der Waals surface area (Å²) in [6.07, 6.45) is 1.90. The van der Waals surface area contributed by atoms with Crippen molar-refractivity contribution in [1.29, 1.82) is 0 Å². The van der Waals surface area contributed by atoms with E-state index in [9.17, 15) is 9.59 Å². The van der Waals surface area contributed by atoms with Crippen molar-refractivity contribution in [3.8, 4) is 0 Å². The van der Waals surface area contributed by atoms with Gasteiger partial charge in [-0.05, 0) is 49.6 Å². The minimum Gasteiger partial charge on any atom is -0.345 e. The van der Waals surface area contributed by atoms with Crippen LogP contribution in [0.15, 0.2) is 30.3 Å². The quantitative estimate of drug-likeness (QED) is 0.772. The van der Waals surface area contributed by atoms with E-state index >= 15 is 0 Å². The maximum absolute atomic E-state index is 12.4. The van der Waals surface area contributed by atoms with Gasteiger partial charge >= 0.3 is 0 Å². The highest BCUT2D eigenvalue weighted by molar-refractivity contribution is 7.18. The summed E-state index contributed by atoms with van der Waals surface area (Å²) in [6, 6.07) is 8.53. The largest absolute Gasteiger partial charge is 0.345 e. The summed E-state index contributed by atoms with van der Waals surface area (Å²) in [6.45, 7) is 1.88. The lowest BCUT2D eigenvalue weighted by Crippen LogP contribution is -2.25. The fourth-order valence-corrected chi connectivity index (χ4v) is 3.35. The molecule has 0 saturated heterocycles. The Hall–Kier alpha value is -1.56. The van der Waals surface area contributed by atoms with Gasteiger partial charge in [-0.25, -0.2) is 0 Å². The standard InChI is InChI=1S/C17H16Cl2N2O2S/c1-9(11-4-5-12(18)13(19)8-11)20-17(23)14-6-7-15(24-14)21-16(22)10-2-3-10/h4-10H,2-3H2,1H3,(H,20,23)(H,21,22). The van der Waals surface area contributed by atoms with Crippen LogP contribution in [0.2, 0.25) is 10.0 Å². The Morgan fingerprint density at radius 3 is 2.58 bits per heavy atom. The Kier molecular flexibility index (Phi) is 5.13. The van der Waals surface area contributed by atoms with E-state index < -0.39 is 0 Å². The molecule has 2 N–H and O–H groups in total. The molecule has 126 valence electrons. The third-order valence-electron chi connectivity index (χ3n) is 3.82. The SMILES string of the molecule is CC(NC(=O)c1ccc(NC(=O)C2CC2)s1)c1ccc(Cl)c(Cl)c1. The smallest absolute Gasteiger partial charge is 0.261 e. The van der Waals surface area contributed by atoms with Gasteiger partial charge in [0.05, 0.1) is 26.0 Å². The van der Waals surface area contributed by atoms with E-state index in [4.69, 9.17) is 23.2 Å². The number of thiophene rings is 1. The molecule has 0 aliphatic heterocycles. The van der Waals surface area contributed by atoms with Crippen LogP contribution >= 0.6 is 34.5 Å². The van der Waals surface area contributed by atoms with Crippen LogP contribution in [0.25, 0.3) is 0 Å². The second-order valence-corrected chi connectivity index (χ2v) is 7.69. The summed E-state index contributed by atoms with van der Waals surface area (Å²) in [5.41, 5.74) is 0.872. The summed E-state index contributed by atoms with van der Waals surface area (Å²) in [7, 11) is 0. The maximum atomic E-state index is 12.4. The number of carbonyl (C=O) groups is 2. The van der Waals surface area contributed by atoms with Crippen molar-refractivity contribution in [3.63, 3.8) is 0 Å². The summed E-state index contributed by atoms with van der Waals surface area (Å²) in [4.78, 5) is 24.6. The predicted molar refractivity (Wildman–Crippen MR) is 98.0 cm³/mol. The first-order valence-corrected chi connectivity index (χ1v) is 9.18. The van der Waals surface area contributed by atoms with Crippen LogP contribution in [0, 0.1) is 5.92 Å². The normalized spacial score (nSPS) is 15.0. The van der Waals surface area contributed by atoms with Gasteiger partial charge in [-0.1, -0.05) is 29.3 Å². The summed E-state index contributed by atoms with van der Waals surface area (Å²) in [5.74, 6) is -0.0162. The van der Waals surface area contributed by atoms with Crippen LogP contribution in [-0.4, -0.2) is 11.8 Å². The second kappa shape index (κ2) is 7.13. The fourth-order valence-electron chi connectivity index (χ4n) is 2.23. The average Bonchev–Trinajstić information content (AvgIpc) is 3.30. The van der Waals surface area contributed by atoms with Gasteiger partial charge in [0.2, 0.25) is 5.91 Å². The molecule has 2 aromatic rings. The van der Waals surface area contributed by atoms with Crippen LogP contribution in [0.3, 0.4) is 0 Å². The molecule has 1 atom stereocenters. The fraction of sp³-hybridized carbons (Fsp3) is 0.294. The molecule has 1 unspecified atom stereocenters. The Morgan fingerprint density at radius 1 is 1.17 bits per heavy atom. The maximum Gasteiger partial charge on any atom is 0.261 e. The summed E-state index contributed by atoms with van der Waals surface area (Å²) in [5, 5.41) is 7.39. The van der Waals surface area contributed by atoms with E-state index in [1.807, 2.05) is 13.0 Å².